The highest BCUT2D eigenvalue weighted by atomic mass is 15.1. The molecule has 0 saturated heterocycles. The number of benzene rings is 7. The Bertz CT molecular complexity index is 3460. The highest BCUT2D eigenvalue weighted by molar-refractivity contribution is 6.14. The Kier molecular flexibility index (Phi) is 7.59. The van der Waals surface area contributed by atoms with Gasteiger partial charge in [-0.25, -0.2) is 29.9 Å². The fraction of sp³-hybridized carbons (Fsp3) is 0.0769. The lowest BCUT2D eigenvalue weighted by Gasteiger charge is -2.16. The first-order chi connectivity index (χ1) is 29.9. The van der Waals surface area contributed by atoms with Crippen LogP contribution in [-0.2, 0) is 0 Å². The average molecular weight is 788 g/mol. The van der Waals surface area contributed by atoms with Gasteiger partial charge >= 0.3 is 0 Å². The van der Waals surface area contributed by atoms with Gasteiger partial charge in [-0.2, -0.15) is 0 Å². The van der Waals surface area contributed by atoms with Gasteiger partial charge in [0.15, 0.2) is 11.6 Å². The van der Waals surface area contributed by atoms with E-state index in [1.807, 2.05) is 27.7 Å². The van der Waals surface area contributed by atoms with Gasteiger partial charge in [0.2, 0.25) is 0 Å². The number of nitrogens with zero attached hydrogens (tertiary/aromatic N) is 9. The van der Waals surface area contributed by atoms with E-state index in [0.717, 1.165) is 72.1 Å². The summed E-state index contributed by atoms with van der Waals surface area (Å²) in [5.74, 6) is 3.81. The van der Waals surface area contributed by atoms with Crippen molar-refractivity contribution < 1.29 is 0 Å². The Hall–Kier alpha value is -8.04. The lowest BCUT2D eigenvalue weighted by molar-refractivity contribution is 0.924. The molecule has 9 heteroatoms. The van der Waals surface area contributed by atoms with E-state index in [2.05, 4.69) is 175 Å². The van der Waals surface area contributed by atoms with E-state index < -0.39 is 0 Å². The number of para-hydroxylation sites is 4. The molecule has 0 aliphatic rings. The second-order valence-electron chi connectivity index (χ2n) is 15.7. The maximum atomic E-state index is 4.96. The van der Waals surface area contributed by atoms with Crippen molar-refractivity contribution in [2.45, 2.75) is 27.7 Å². The lowest BCUT2D eigenvalue weighted by atomic mass is 10.1. The molecule has 0 aliphatic carbocycles. The summed E-state index contributed by atoms with van der Waals surface area (Å²) in [4.78, 5) is 28.5. The molecule has 5 aromatic heterocycles. The van der Waals surface area contributed by atoms with Crippen LogP contribution >= 0.6 is 0 Å². The molecule has 0 saturated carbocycles. The minimum atomic E-state index is 0.580. The zero-order chi connectivity index (χ0) is 40.9. The van der Waals surface area contributed by atoms with E-state index in [0.29, 0.717) is 34.9 Å². The normalized spacial score (nSPS) is 11.9. The van der Waals surface area contributed by atoms with Gasteiger partial charge < -0.3 is 13.7 Å². The molecule has 12 rings (SSSR count). The van der Waals surface area contributed by atoms with Crippen molar-refractivity contribution in [1.82, 2.24) is 43.6 Å². The van der Waals surface area contributed by atoms with Crippen LogP contribution in [0.5, 0.6) is 0 Å². The Morgan fingerprint density at radius 3 is 1.11 bits per heavy atom. The molecule has 61 heavy (non-hydrogen) atoms. The number of hydrogen-bond acceptors (Lipinski definition) is 6. The highest BCUT2D eigenvalue weighted by Gasteiger charge is 2.22. The fourth-order valence-corrected chi connectivity index (χ4v) is 9.46. The van der Waals surface area contributed by atoms with Crippen molar-refractivity contribution in [3.63, 3.8) is 0 Å². The van der Waals surface area contributed by atoms with Crippen molar-refractivity contribution in [3.8, 4) is 39.8 Å². The van der Waals surface area contributed by atoms with Crippen LogP contribution in [0.3, 0.4) is 0 Å². The van der Waals surface area contributed by atoms with Crippen LogP contribution in [0.4, 0.5) is 0 Å². The fourth-order valence-electron chi connectivity index (χ4n) is 9.46. The van der Waals surface area contributed by atoms with Crippen molar-refractivity contribution in [2.75, 3.05) is 0 Å². The van der Waals surface area contributed by atoms with Crippen LogP contribution in [0.1, 0.15) is 23.3 Å². The van der Waals surface area contributed by atoms with Crippen molar-refractivity contribution in [2.24, 2.45) is 0 Å². The topological polar surface area (TPSA) is 92.1 Å². The highest BCUT2D eigenvalue weighted by Crippen LogP contribution is 2.41. The Morgan fingerprint density at radius 2 is 0.689 bits per heavy atom. The van der Waals surface area contributed by atoms with Crippen molar-refractivity contribution in [3.05, 3.63) is 175 Å². The first-order valence-corrected chi connectivity index (χ1v) is 20.5. The van der Waals surface area contributed by atoms with Gasteiger partial charge in [0.05, 0.1) is 38.8 Å². The summed E-state index contributed by atoms with van der Waals surface area (Å²) in [7, 11) is 0. The molecule has 0 atom stereocenters. The second kappa shape index (κ2) is 13.2. The number of hydrogen-bond donors (Lipinski definition) is 0. The molecule has 0 fully saturated rings. The van der Waals surface area contributed by atoms with Crippen LogP contribution in [0.2, 0.25) is 0 Å². The molecule has 0 N–H and O–H groups in total. The Labute approximate surface area is 350 Å². The monoisotopic (exact) mass is 787 g/mol. The molecule has 0 unspecified atom stereocenters. The molecule has 0 spiro atoms. The van der Waals surface area contributed by atoms with Crippen LogP contribution in [0, 0.1) is 27.7 Å². The predicted octanol–water partition coefficient (Wildman–Crippen LogP) is 11.9. The summed E-state index contributed by atoms with van der Waals surface area (Å²) in [6, 6.07) is 54.7. The number of aryl methyl sites for hydroxylation is 4. The van der Waals surface area contributed by atoms with Gasteiger partial charge in [-0.3, -0.25) is 0 Å². The molecule has 9 nitrogen and oxygen atoms in total. The summed E-state index contributed by atoms with van der Waals surface area (Å²) in [5, 5.41) is 7.15. The summed E-state index contributed by atoms with van der Waals surface area (Å²) in [6.07, 6.45) is 0. The minimum Gasteiger partial charge on any atom is -0.309 e. The SMILES string of the molecule is Cc1nc(C)nc(-c2ccc(-n3c4cc(-n5c6ccccc6c6ccccc65)ccc4c4ccc(-n5c6ccccc6c6ccccc65)cc43)c(-c3nc(C)nc(C)n3)c2)n1. The van der Waals surface area contributed by atoms with E-state index in [4.69, 9.17) is 19.9 Å². The average Bonchev–Trinajstić information content (AvgIpc) is 3.90. The van der Waals surface area contributed by atoms with Crippen LogP contribution in [-0.4, -0.2) is 43.6 Å². The maximum absolute atomic E-state index is 4.96. The summed E-state index contributed by atoms with van der Waals surface area (Å²) >= 11 is 0. The first-order valence-electron chi connectivity index (χ1n) is 20.5. The van der Waals surface area contributed by atoms with Gasteiger partial charge in [-0.15, -0.1) is 0 Å². The molecule has 0 aliphatic heterocycles. The Morgan fingerprint density at radius 1 is 0.311 bits per heavy atom. The summed E-state index contributed by atoms with van der Waals surface area (Å²) in [6.45, 7) is 7.62. The molecule has 12 aromatic rings. The molecule has 5 heterocycles. The largest absolute Gasteiger partial charge is 0.309 e. The second-order valence-corrected chi connectivity index (χ2v) is 15.7. The molecular formula is C52H37N9. The predicted molar refractivity (Wildman–Crippen MR) is 246 cm³/mol. The molecule has 0 amide bonds. The minimum absolute atomic E-state index is 0.580. The number of fused-ring (bicyclic) bond motifs is 9. The van der Waals surface area contributed by atoms with Gasteiger partial charge in [0, 0.05) is 54.8 Å². The van der Waals surface area contributed by atoms with E-state index in [-0.39, 0.29) is 0 Å². The van der Waals surface area contributed by atoms with E-state index in [9.17, 15) is 0 Å². The van der Waals surface area contributed by atoms with Crippen LogP contribution < -0.4 is 0 Å². The van der Waals surface area contributed by atoms with Crippen LogP contribution in [0.25, 0.3) is 105 Å². The molecule has 0 radical (unpaired) electrons. The third kappa shape index (κ3) is 5.40. The van der Waals surface area contributed by atoms with Gasteiger partial charge in [0.25, 0.3) is 0 Å². The van der Waals surface area contributed by atoms with Crippen LogP contribution in [0.15, 0.2) is 152 Å². The van der Waals surface area contributed by atoms with Gasteiger partial charge in [-0.1, -0.05) is 84.9 Å². The van der Waals surface area contributed by atoms with E-state index in [1.54, 1.807) is 0 Å². The maximum Gasteiger partial charge on any atom is 0.165 e. The number of aromatic nitrogens is 9. The molecule has 7 aromatic carbocycles. The Balaban J connectivity index is 1.20. The zero-order valence-electron chi connectivity index (χ0n) is 34.0. The first kappa shape index (κ1) is 35.0. The van der Waals surface area contributed by atoms with Crippen molar-refractivity contribution in [1.29, 1.82) is 0 Å². The third-order valence-corrected chi connectivity index (χ3v) is 11.9. The van der Waals surface area contributed by atoms with E-state index in [1.165, 1.54) is 21.5 Å². The zero-order valence-corrected chi connectivity index (χ0v) is 34.0. The molecule has 0 bridgehead atoms. The van der Waals surface area contributed by atoms with Crippen molar-refractivity contribution >= 4 is 65.4 Å². The quantitative estimate of drug-likeness (QED) is 0.172. The summed E-state index contributed by atoms with van der Waals surface area (Å²) in [5.41, 5.74) is 11.5. The smallest absolute Gasteiger partial charge is 0.165 e. The van der Waals surface area contributed by atoms with Gasteiger partial charge in [-0.05, 0) is 94.4 Å². The molecule has 290 valence electrons. The van der Waals surface area contributed by atoms with Gasteiger partial charge in [0.1, 0.15) is 23.3 Å². The number of rotatable bonds is 5. The van der Waals surface area contributed by atoms with E-state index >= 15 is 0 Å². The summed E-state index contributed by atoms with van der Waals surface area (Å²) < 4.78 is 7.14. The standard InChI is InChI=1S/C52H37N9/c1-30-53-31(2)56-51(55-30)34-21-26-48(43(27-34)52-57-32(3)54-33(4)58-52)61-49-28-35(59-44-17-9-5-13-37(44)38-14-6-10-18-45(38)59)22-24-41(49)42-25-23-36(29-50(42)61)60-46-19-11-7-15-39(46)40-16-8-12-20-47(40)60/h5-29H,1-4H3. The lowest BCUT2D eigenvalue weighted by Crippen LogP contribution is -2.05. The molecular weight excluding hydrogens is 751 g/mol. The third-order valence-electron chi connectivity index (χ3n) is 11.9.